The minimum Gasteiger partial charge on any atom is -0.347 e. The van der Waals surface area contributed by atoms with Crippen LogP contribution in [0.5, 0.6) is 0 Å². The van der Waals surface area contributed by atoms with Crippen LogP contribution in [-0.4, -0.2) is 52.3 Å². The van der Waals surface area contributed by atoms with Gasteiger partial charge in [0, 0.05) is 43.8 Å². The molecule has 0 saturated heterocycles. The van der Waals surface area contributed by atoms with Crippen molar-refractivity contribution in [2.24, 2.45) is 0 Å². The number of nitrogens with zero attached hydrogens (tertiary/aromatic N) is 3. The standard InChI is InChI=1S/C23H22ClN5O4/c1-28(2)23(33)18(13-20(30)27-19-11-8-16(24)14-25-19)26-22(32)15-6-9-17(10-7-15)29-12-4-3-5-21(29)31/h3-12,14,18H,13H2,1-2H3,(H,26,32)(H,25,27,30). The van der Waals surface area contributed by atoms with E-state index in [2.05, 4.69) is 15.6 Å². The molecule has 33 heavy (non-hydrogen) atoms. The number of nitrogens with one attached hydrogen (secondary N) is 2. The summed E-state index contributed by atoms with van der Waals surface area (Å²) in [5.41, 5.74) is 0.666. The van der Waals surface area contributed by atoms with E-state index in [-0.39, 0.29) is 23.4 Å². The van der Waals surface area contributed by atoms with Crippen molar-refractivity contribution >= 4 is 35.1 Å². The summed E-state index contributed by atoms with van der Waals surface area (Å²) in [6.07, 6.45) is 2.72. The van der Waals surface area contributed by atoms with Crippen molar-refractivity contribution in [1.29, 1.82) is 0 Å². The Hall–Kier alpha value is -3.98. The summed E-state index contributed by atoms with van der Waals surface area (Å²) in [5.74, 6) is -1.18. The summed E-state index contributed by atoms with van der Waals surface area (Å²) in [7, 11) is 3.07. The van der Waals surface area contributed by atoms with Crippen molar-refractivity contribution in [2.45, 2.75) is 12.5 Å². The van der Waals surface area contributed by atoms with Crippen molar-refractivity contribution in [3.05, 3.63) is 87.9 Å². The first-order chi connectivity index (χ1) is 15.7. The molecule has 1 unspecified atom stereocenters. The fraction of sp³-hybridized carbons (Fsp3) is 0.174. The fourth-order valence-corrected chi connectivity index (χ4v) is 3.11. The first-order valence-electron chi connectivity index (χ1n) is 9.96. The number of likely N-dealkylation sites (N-methyl/N-ethyl adjacent to an activating group) is 1. The monoisotopic (exact) mass is 467 g/mol. The molecule has 1 aromatic carbocycles. The SMILES string of the molecule is CN(C)C(=O)C(CC(=O)Nc1ccc(Cl)cn1)NC(=O)c1ccc(-n2ccccc2=O)cc1. The molecular weight excluding hydrogens is 446 g/mol. The van der Waals surface area contributed by atoms with Crippen molar-refractivity contribution in [3.8, 4) is 5.69 Å². The van der Waals surface area contributed by atoms with Crippen molar-refractivity contribution in [3.63, 3.8) is 0 Å². The largest absolute Gasteiger partial charge is 0.347 e. The normalized spacial score (nSPS) is 11.4. The lowest BCUT2D eigenvalue weighted by Crippen LogP contribution is -2.48. The van der Waals surface area contributed by atoms with Crippen LogP contribution in [0.3, 0.4) is 0 Å². The van der Waals surface area contributed by atoms with Gasteiger partial charge in [-0.25, -0.2) is 4.98 Å². The predicted molar refractivity (Wildman–Crippen MR) is 124 cm³/mol. The van der Waals surface area contributed by atoms with Gasteiger partial charge < -0.3 is 15.5 Å². The van der Waals surface area contributed by atoms with Crippen LogP contribution >= 0.6 is 11.6 Å². The van der Waals surface area contributed by atoms with Crippen LogP contribution in [-0.2, 0) is 9.59 Å². The first kappa shape index (κ1) is 23.7. The molecule has 3 rings (SSSR count). The Morgan fingerprint density at radius 2 is 1.79 bits per heavy atom. The van der Waals surface area contributed by atoms with Crippen LogP contribution in [0, 0.1) is 0 Å². The van der Waals surface area contributed by atoms with Crippen molar-refractivity contribution in [2.75, 3.05) is 19.4 Å². The van der Waals surface area contributed by atoms with E-state index in [4.69, 9.17) is 11.6 Å². The molecule has 170 valence electrons. The van der Waals surface area contributed by atoms with Gasteiger partial charge in [-0.05, 0) is 42.5 Å². The molecule has 9 nitrogen and oxygen atoms in total. The Labute approximate surface area is 195 Å². The molecule has 0 fully saturated rings. The van der Waals surface area contributed by atoms with Gasteiger partial charge in [-0.1, -0.05) is 17.7 Å². The Balaban J connectivity index is 1.71. The third-order valence-corrected chi connectivity index (χ3v) is 4.88. The number of amides is 3. The quantitative estimate of drug-likeness (QED) is 0.552. The van der Waals surface area contributed by atoms with Gasteiger partial charge in [0.25, 0.3) is 11.5 Å². The number of carbonyl (C=O) groups is 3. The highest BCUT2D eigenvalue weighted by Crippen LogP contribution is 2.12. The van der Waals surface area contributed by atoms with Crippen LogP contribution in [0.1, 0.15) is 16.8 Å². The van der Waals surface area contributed by atoms with Crippen LogP contribution in [0.15, 0.2) is 71.8 Å². The van der Waals surface area contributed by atoms with Gasteiger partial charge >= 0.3 is 0 Å². The highest BCUT2D eigenvalue weighted by atomic mass is 35.5. The number of rotatable bonds is 7. The van der Waals surface area contributed by atoms with E-state index in [0.717, 1.165) is 0 Å². The second-order valence-corrected chi connectivity index (χ2v) is 7.76. The maximum atomic E-state index is 12.8. The molecule has 0 bridgehead atoms. The van der Waals surface area contributed by atoms with Gasteiger partial charge in [0.2, 0.25) is 11.8 Å². The van der Waals surface area contributed by atoms with E-state index >= 15 is 0 Å². The molecule has 2 heterocycles. The number of pyridine rings is 2. The lowest BCUT2D eigenvalue weighted by molar-refractivity contribution is -0.132. The molecule has 2 aromatic heterocycles. The number of anilines is 1. The van der Waals surface area contributed by atoms with Crippen LogP contribution in [0.25, 0.3) is 5.69 Å². The van der Waals surface area contributed by atoms with E-state index in [1.54, 1.807) is 48.7 Å². The van der Waals surface area contributed by atoms with E-state index in [0.29, 0.717) is 10.7 Å². The van der Waals surface area contributed by atoms with Gasteiger partial charge in [-0.3, -0.25) is 23.7 Å². The van der Waals surface area contributed by atoms with Crippen molar-refractivity contribution in [1.82, 2.24) is 19.8 Å². The molecule has 0 aliphatic heterocycles. The Morgan fingerprint density at radius 1 is 1.06 bits per heavy atom. The number of benzene rings is 1. The summed E-state index contributed by atoms with van der Waals surface area (Å²) >= 11 is 5.79. The molecule has 2 N–H and O–H groups in total. The van der Waals surface area contributed by atoms with Gasteiger partial charge in [0.1, 0.15) is 11.9 Å². The predicted octanol–water partition coefficient (Wildman–Crippen LogP) is 2.10. The Bertz CT molecular complexity index is 1210. The number of carbonyl (C=O) groups excluding carboxylic acids is 3. The van der Waals surface area contributed by atoms with Crippen LogP contribution in [0.2, 0.25) is 5.02 Å². The lowest BCUT2D eigenvalue weighted by atomic mass is 10.1. The highest BCUT2D eigenvalue weighted by Gasteiger charge is 2.26. The van der Waals surface area contributed by atoms with Gasteiger partial charge in [-0.2, -0.15) is 0 Å². The second kappa shape index (κ2) is 10.6. The van der Waals surface area contributed by atoms with E-state index < -0.39 is 23.8 Å². The molecule has 0 spiro atoms. The molecule has 0 radical (unpaired) electrons. The summed E-state index contributed by atoms with van der Waals surface area (Å²) in [6, 6.07) is 13.1. The zero-order valence-electron chi connectivity index (χ0n) is 18.0. The summed E-state index contributed by atoms with van der Waals surface area (Å²) in [5, 5.41) is 5.60. The second-order valence-electron chi connectivity index (χ2n) is 7.33. The van der Waals surface area contributed by atoms with Crippen LogP contribution < -0.4 is 16.2 Å². The van der Waals surface area contributed by atoms with Gasteiger partial charge in [0.15, 0.2) is 0 Å². The van der Waals surface area contributed by atoms with Crippen molar-refractivity contribution < 1.29 is 14.4 Å². The van der Waals surface area contributed by atoms with E-state index in [9.17, 15) is 19.2 Å². The maximum Gasteiger partial charge on any atom is 0.255 e. The Kier molecular flexibility index (Phi) is 7.57. The molecule has 3 amide bonds. The third-order valence-electron chi connectivity index (χ3n) is 4.66. The summed E-state index contributed by atoms with van der Waals surface area (Å²) < 4.78 is 1.44. The smallest absolute Gasteiger partial charge is 0.255 e. The van der Waals surface area contributed by atoms with E-state index in [1.165, 1.54) is 41.9 Å². The zero-order chi connectivity index (χ0) is 24.0. The molecule has 1 atom stereocenters. The van der Waals surface area contributed by atoms with Gasteiger partial charge in [-0.15, -0.1) is 0 Å². The molecule has 0 saturated carbocycles. The number of aromatic nitrogens is 2. The average molecular weight is 468 g/mol. The highest BCUT2D eigenvalue weighted by molar-refractivity contribution is 6.30. The van der Waals surface area contributed by atoms with Gasteiger partial charge in [0.05, 0.1) is 11.4 Å². The number of hydrogen-bond donors (Lipinski definition) is 2. The third kappa shape index (κ3) is 6.27. The number of hydrogen-bond acceptors (Lipinski definition) is 5. The zero-order valence-corrected chi connectivity index (χ0v) is 18.7. The summed E-state index contributed by atoms with van der Waals surface area (Å²) in [4.78, 5) is 55.0. The number of halogens is 1. The molecule has 0 aliphatic carbocycles. The minimum absolute atomic E-state index is 0.201. The topological polar surface area (TPSA) is 113 Å². The Morgan fingerprint density at radius 3 is 2.39 bits per heavy atom. The summed E-state index contributed by atoms with van der Waals surface area (Å²) in [6.45, 7) is 0. The fourth-order valence-electron chi connectivity index (χ4n) is 3.00. The first-order valence-corrected chi connectivity index (χ1v) is 10.3. The lowest BCUT2D eigenvalue weighted by Gasteiger charge is -2.21. The molecule has 0 aliphatic rings. The van der Waals surface area contributed by atoms with E-state index in [1.807, 2.05) is 0 Å². The van der Waals surface area contributed by atoms with Crippen LogP contribution in [0.4, 0.5) is 5.82 Å². The molecule has 10 heteroatoms. The maximum absolute atomic E-state index is 12.8. The molecule has 3 aromatic rings. The minimum atomic E-state index is -1.09. The molecular formula is C23H22ClN5O4. The average Bonchev–Trinajstić information content (AvgIpc) is 2.80.